The molecular formula is C20H23N3O11. The molecule has 1 aliphatic heterocycles. The molecule has 2 aromatic heterocycles. The summed E-state index contributed by atoms with van der Waals surface area (Å²) < 4.78 is 26.2. The fourth-order valence-corrected chi connectivity index (χ4v) is 2.98. The van der Waals surface area contributed by atoms with Crippen molar-refractivity contribution in [1.29, 1.82) is 0 Å². The van der Waals surface area contributed by atoms with E-state index in [4.69, 9.17) is 23.7 Å². The SMILES string of the molecule is COCOc1ccc(COC(=O)CC(=O)OC[C@H]2OC(n3ccc(=O)[nH]c3=O)[C@H](O)[C@@H]2O)nc1. The number of hydrogen-bond acceptors (Lipinski definition) is 12. The van der Waals surface area contributed by atoms with Crippen LogP contribution in [0.4, 0.5) is 0 Å². The number of H-pyrrole nitrogens is 1. The Bertz CT molecular complexity index is 1100. The summed E-state index contributed by atoms with van der Waals surface area (Å²) in [7, 11) is 1.48. The van der Waals surface area contributed by atoms with Crippen molar-refractivity contribution < 1.29 is 43.5 Å². The van der Waals surface area contributed by atoms with Crippen molar-refractivity contribution in [3.63, 3.8) is 0 Å². The van der Waals surface area contributed by atoms with E-state index in [1.807, 2.05) is 4.98 Å². The highest BCUT2D eigenvalue weighted by atomic mass is 16.7. The predicted molar refractivity (Wildman–Crippen MR) is 109 cm³/mol. The van der Waals surface area contributed by atoms with Gasteiger partial charge in [-0.15, -0.1) is 0 Å². The van der Waals surface area contributed by atoms with Crippen LogP contribution in [0.2, 0.25) is 0 Å². The van der Waals surface area contributed by atoms with Gasteiger partial charge < -0.3 is 33.9 Å². The van der Waals surface area contributed by atoms with E-state index in [-0.39, 0.29) is 13.4 Å². The molecule has 1 unspecified atom stereocenters. The Morgan fingerprint density at radius 2 is 1.91 bits per heavy atom. The topological polar surface area (TPSA) is 188 Å². The maximum Gasteiger partial charge on any atom is 0.330 e. The molecule has 14 heteroatoms. The molecule has 0 spiro atoms. The van der Waals surface area contributed by atoms with Crippen LogP contribution >= 0.6 is 0 Å². The van der Waals surface area contributed by atoms with Crippen LogP contribution in [0.1, 0.15) is 18.3 Å². The summed E-state index contributed by atoms with van der Waals surface area (Å²) in [5.41, 5.74) is -1.07. The molecule has 4 atom stereocenters. The van der Waals surface area contributed by atoms with E-state index in [0.29, 0.717) is 11.4 Å². The number of pyridine rings is 1. The van der Waals surface area contributed by atoms with Crippen LogP contribution in [0.5, 0.6) is 5.75 Å². The van der Waals surface area contributed by atoms with E-state index < -0.39 is 60.8 Å². The van der Waals surface area contributed by atoms with E-state index in [1.165, 1.54) is 13.3 Å². The van der Waals surface area contributed by atoms with Crippen LogP contribution in [-0.2, 0) is 35.1 Å². The lowest BCUT2D eigenvalue weighted by Crippen LogP contribution is -2.37. The molecule has 3 heterocycles. The lowest BCUT2D eigenvalue weighted by molar-refractivity contribution is -0.158. The quantitative estimate of drug-likeness (QED) is 0.197. The van der Waals surface area contributed by atoms with Crippen LogP contribution in [0.15, 0.2) is 40.2 Å². The van der Waals surface area contributed by atoms with Crippen LogP contribution < -0.4 is 16.0 Å². The predicted octanol–water partition coefficient (Wildman–Crippen LogP) is -1.79. The highest BCUT2D eigenvalue weighted by Gasteiger charge is 2.44. The smallest absolute Gasteiger partial charge is 0.330 e. The second-order valence-corrected chi connectivity index (χ2v) is 7.12. The van der Waals surface area contributed by atoms with E-state index in [2.05, 4.69) is 4.98 Å². The summed E-state index contributed by atoms with van der Waals surface area (Å²) in [6.45, 7) is -0.612. The monoisotopic (exact) mass is 481 g/mol. The van der Waals surface area contributed by atoms with Gasteiger partial charge in [0.25, 0.3) is 5.56 Å². The minimum atomic E-state index is -1.53. The third kappa shape index (κ3) is 6.48. The highest BCUT2D eigenvalue weighted by molar-refractivity contribution is 5.91. The molecule has 0 bridgehead atoms. The van der Waals surface area contributed by atoms with Crippen LogP contribution in [0, 0.1) is 0 Å². The largest absolute Gasteiger partial charge is 0.466 e. The second kappa shape index (κ2) is 11.5. The molecule has 0 aliphatic carbocycles. The van der Waals surface area contributed by atoms with Crippen molar-refractivity contribution in [2.24, 2.45) is 0 Å². The van der Waals surface area contributed by atoms with Gasteiger partial charge in [-0.1, -0.05) is 0 Å². The van der Waals surface area contributed by atoms with E-state index in [9.17, 15) is 29.4 Å². The molecule has 184 valence electrons. The Kier molecular flexibility index (Phi) is 8.48. The number of aromatic nitrogens is 3. The molecule has 0 radical (unpaired) electrons. The Morgan fingerprint density at radius 3 is 2.59 bits per heavy atom. The molecule has 1 fully saturated rings. The number of aliphatic hydroxyl groups is 2. The van der Waals surface area contributed by atoms with Gasteiger partial charge in [0.05, 0.1) is 11.9 Å². The maximum atomic E-state index is 11.9. The Hall–Kier alpha value is -3.59. The average molecular weight is 481 g/mol. The minimum Gasteiger partial charge on any atom is -0.466 e. The molecule has 14 nitrogen and oxygen atoms in total. The zero-order chi connectivity index (χ0) is 24.7. The molecule has 3 rings (SSSR count). The van der Waals surface area contributed by atoms with Crippen LogP contribution in [0.25, 0.3) is 0 Å². The summed E-state index contributed by atoms with van der Waals surface area (Å²) in [4.78, 5) is 52.9. The number of ether oxygens (including phenoxy) is 5. The summed E-state index contributed by atoms with van der Waals surface area (Å²) in [5, 5.41) is 20.3. The van der Waals surface area contributed by atoms with E-state index in [0.717, 1.165) is 16.8 Å². The molecule has 1 saturated heterocycles. The Balaban J connectivity index is 1.43. The third-order valence-corrected chi connectivity index (χ3v) is 4.68. The lowest BCUT2D eigenvalue weighted by Gasteiger charge is -2.16. The number of hydrogen-bond donors (Lipinski definition) is 3. The molecule has 2 aromatic rings. The summed E-state index contributed by atoms with van der Waals surface area (Å²) in [5.74, 6) is -1.34. The number of nitrogens with zero attached hydrogens (tertiary/aromatic N) is 2. The first-order valence-corrected chi connectivity index (χ1v) is 9.99. The van der Waals surface area contributed by atoms with Crippen molar-refractivity contribution in [1.82, 2.24) is 14.5 Å². The fraction of sp³-hybridized carbons (Fsp3) is 0.450. The zero-order valence-corrected chi connectivity index (χ0v) is 18.0. The van der Waals surface area contributed by atoms with Crippen LogP contribution in [-0.4, -0.2) is 75.5 Å². The highest BCUT2D eigenvalue weighted by Crippen LogP contribution is 2.28. The van der Waals surface area contributed by atoms with Crippen molar-refractivity contribution in [2.45, 2.75) is 37.6 Å². The average Bonchev–Trinajstić information content (AvgIpc) is 3.09. The minimum absolute atomic E-state index is 0.0618. The Morgan fingerprint density at radius 1 is 1.15 bits per heavy atom. The number of carbonyl (C=O) groups excluding carboxylic acids is 2. The maximum absolute atomic E-state index is 11.9. The first kappa shape index (κ1) is 25.0. The number of esters is 2. The molecule has 0 saturated carbocycles. The van der Waals surface area contributed by atoms with Crippen molar-refractivity contribution >= 4 is 11.9 Å². The van der Waals surface area contributed by atoms with Gasteiger partial charge in [-0.05, 0) is 12.1 Å². The fourth-order valence-electron chi connectivity index (χ4n) is 2.98. The lowest BCUT2D eigenvalue weighted by atomic mass is 10.1. The van der Waals surface area contributed by atoms with Gasteiger partial charge in [-0.2, -0.15) is 0 Å². The first-order valence-electron chi connectivity index (χ1n) is 9.99. The molecule has 0 amide bonds. The number of methoxy groups -OCH3 is 1. The van der Waals surface area contributed by atoms with Gasteiger partial charge in [0.15, 0.2) is 13.0 Å². The molecule has 3 N–H and O–H groups in total. The first-order chi connectivity index (χ1) is 16.3. The molecule has 1 aliphatic rings. The number of aliphatic hydroxyl groups excluding tert-OH is 2. The molecular weight excluding hydrogens is 458 g/mol. The van der Waals surface area contributed by atoms with Gasteiger partial charge in [0.2, 0.25) is 0 Å². The van der Waals surface area contributed by atoms with Gasteiger partial charge in [0.1, 0.15) is 43.7 Å². The number of aromatic amines is 1. The standard InChI is InChI=1S/C20H23N3O11/c1-30-10-33-12-3-2-11(21-7-12)8-31-15(25)6-16(26)32-9-13-17(27)18(28)19(34-13)23-5-4-14(24)22-20(23)29/h2-5,7,13,17-19,27-28H,6,8-10H2,1H3,(H,22,24,29)/t13-,17-,18-,19?/m1/s1. The van der Waals surface area contributed by atoms with E-state index >= 15 is 0 Å². The number of carbonyl (C=O) groups is 2. The van der Waals surface area contributed by atoms with E-state index in [1.54, 1.807) is 12.1 Å². The molecule has 0 aromatic carbocycles. The van der Waals surface area contributed by atoms with Gasteiger partial charge in [0, 0.05) is 19.4 Å². The zero-order valence-electron chi connectivity index (χ0n) is 18.0. The second-order valence-electron chi connectivity index (χ2n) is 7.12. The Labute approximate surface area is 191 Å². The van der Waals surface area contributed by atoms with Gasteiger partial charge in [-0.3, -0.25) is 28.9 Å². The van der Waals surface area contributed by atoms with Crippen molar-refractivity contribution in [3.8, 4) is 5.75 Å². The van der Waals surface area contributed by atoms with Gasteiger partial charge in [-0.25, -0.2) is 4.79 Å². The van der Waals surface area contributed by atoms with Crippen molar-refractivity contribution in [2.75, 3.05) is 20.5 Å². The van der Waals surface area contributed by atoms with Crippen molar-refractivity contribution in [3.05, 3.63) is 57.1 Å². The van der Waals surface area contributed by atoms with Crippen LogP contribution in [0.3, 0.4) is 0 Å². The summed E-state index contributed by atoms with van der Waals surface area (Å²) in [6, 6.07) is 4.23. The normalized spacial score (nSPS) is 21.7. The summed E-state index contributed by atoms with van der Waals surface area (Å²) in [6.07, 6.45) is -3.70. The number of rotatable bonds is 10. The van der Waals surface area contributed by atoms with Gasteiger partial charge >= 0.3 is 17.6 Å². The molecule has 34 heavy (non-hydrogen) atoms. The third-order valence-electron chi connectivity index (χ3n) is 4.68. The number of nitrogens with one attached hydrogen (secondary N) is 1. The summed E-state index contributed by atoms with van der Waals surface area (Å²) >= 11 is 0.